The molecule has 1 aliphatic heterocycles. The highest BCUT2D eigenvalue weighted by atomic mass is 35.5. The van der Waals surface area contributed by atoms with Crippen LogP contribution in [-0.2, 0) is 10.7 Å². The fourth-order valence-electron chi connectivity index (χ4n) is 3.60. The minimum Gasteiger partial charge on any atom is -0.497 e. The summed E-state index contributed by atoms with van der Waals surface area (Å²) < 4.78 is 33.8. The van der Waals surface area contributed by atoms with Crippen molar-refractivity contribution >= 4 is 18.3 Å². The lowest BCUT2D eigenvalue weighted by Gasteiger charge is -2.24. The Labute approximate surface area is 140 Å². The predicted octanol–water partition coefficient (Wildman–Crippen LogP) is 2.40. The van der Waals surface area contributed by atoms with E-state index < -0.39 is 11.8 Å². The first-order valence-corrected chi connectivity index (χ1v) is 7.50. The van der Waals surface area contributed by atoms with Gasteiger partial charge in [0, 0.05) is 24.7 Å². The SMILES string of the molecule is COc1ccc(C(F)(F)C(=O)N2CC3CCC(N)C3C2)cc1.Cl. The summed E-state index contributed by atoms with van der Waals surface area (Å²) in [5.74, 6) is -3.73. The second kappa shape index (κ2) is 6.61. The molecule has 0 aromatic heterocycles. The number of benzene rings is 1. The normalized spacial score (nSPS) is 26.6. The number of alkyl halides is 2. The molecule has 7 heteroatoms. The van der Waals surface area contributed by atoms with Crippen molar-refractivity contribution in [3.05, 3.63) is 29.8 Å². The summed E-state index contributed by atoms with van der Waals surface area (Å²) in [6.45, 7) is 0.735. The summed E-state index contributed by atoms with van der Waals surface area (Å²) in [5, 5.41) is 0. The lowest BCUT2D eigenvalue weighted by molar-refractivity contribution is -0.158. The van der Waals surface area contributed by atoms with Crippen LogP contribution in [0.2, 0.25) is 0 Å². The monoisotopic (exact) mass is 346 g/mol. The first-order valence-electron chi connectivity index (χ1n) is 7.50. The van der Waals surface area contributed by atoms with E-state index in [4.69, 9.17) is 10.5 Å². The van der Waals surface area contributed by atoms with Gasteiger partial charge in [-0.05, 0) is 48.9 Å². The van der Waals surface area contributed by atoms with Crippen molar-refractivity contribution in [3.8, 4) is 5.75 Å². The number of methoxy groups -OCH3 is 1. The van der Waals surface area contributed by atoms with Crippen LogP contribution in [0, 0.1) is 11.8 Å². The summed E-state index contributed by atoms with van der Waals surface area (Å²) in [6.07, 6.45) is 1.84. The molecule has 1 aromatic carbocycles. The number of halogens is 3. The van der Waals surface area contributed by atoms with Crippen LogP contribution in [0.1, 0.15) is 18.4 Å². The van der Waals surface area contributed by atoms with Crippen LogP contribution in [0.15, 0.2) is 24.3 Å². The van der Waals surface area contributed by atoms with E-state index in [9.17, 15) is 13.6 Å². The standard InChI is InChI=1S/C16H20F2N2O2.ClH/c1-22-12-5-3-11(4-6-12)16(17,18)15(21)20-8-10-2-7-14(19)13(10)9-20;/h3-6,10,13-14H,2,7-9,19H2,1H3;1H. The Hall–Kier alpha value is -1.40. The second-order valence-electron chi connectivity index (χ2n) is 6.18. The number of carbonyl (C=O) groups is 1. The van der Waals surface area contributed by atoms with Gasteiger partial charge in [-0.2, -0.15) is 8.78 Å². The highest BCUT2D eigenvalue weighted by Gasteiger charge is 2.49. The topological polar surface area (TPSA) is 55.6 Å². The van der Waals surface area contributed by atoms with E-state index in [1.54, 1.807) is 0 Å². The van der Waals surface area contributed by atoms with E-state index >= 15 is 0 Å². The zero-order valence-corrected chi connectivity index (χ0v) is 13.7. The number of hydrogen-bond donors (Lipinski definition) is 1. The van der Waals surface area contributed by atoms with Crippen molar-refractivity contribution in [3.63, 3.8) is 0 Å². The molecule has 3 unspecified atom stereocenters. The van der Waals surface area contributed by atoms with Gasteiger partial charge < -0.3 is 15.4 Å². The predicted molar refractivity (Wildman–Crippen MR) is 84.9 cm³/mol. The third-order valence-corrected chi connectivity index (χ3v) is 4.92. The van der Waals surface area contributed by atoms with Crippen LogP contribution in [0.5, 0.6) is 5.75 Å². The van der Waals surface area contributed by atoms with Crippen molar-refractivity contribution in [2.45, 2.75) is 24.8 Å². The Bertz CT molecular complexity index is 568. The molecular formula is C16H21ClF2N2O2. The van der Waals surface area contributed by atoms with E-state index in [-0.39, 0.29) is 35.8 Å². The minimum atomic E-state index is -3.52. The molecule has 3 atom stereocenters. The minimum absolute atomic E-state index is 0. The van der Waals surface area contributed by atoms with Gasteiger partial charge in [0.15, 0.2) is 0 Å². The van der Waals surface area contributed by atoms with Gasteiger partial charge in [-0.25, -0.2) is 0 Å². The molecule has 1 heterocycles. The van der Waals surface area contributed by atoms with E-state index in [0.29, 0.717) is 18.8 Å². The Morgan fingerprint density at radius 2 is 1.91 bits per heavy atom. The Balaban J connectivity index is 0.00000192. The van der Waals surface area contributed by atoms with Crippen LogP contribution in [0.25, 0.3) is 0 Å². The van der Waals surface area contributed by atoms with E-state index in [2.05, 4.69) is 0 Å². The molecule has 4 nitrogen and oxygen atoms in total. The number of nitrogens with two attached hydrogens (primary N) is 1. The quantitative estimate of drug-likeness (QED) is 0.914. The van der Waals surface area contributed by atoms with Crippen molar-refractivity contribution in [1.29, 1.82) is 0 Å². The number of nitrogens with zero attached hydrogens (tertiary/aromatic N) is 1. The highest BCUT2D eigenvalue weighted by molar-refractivity contribution is 5.85. The maximum atomic E-state index is 14.4. The van der Waals surface area contributed by atoms with Gasteiger partial charge in [-0.1, -0.05) is 0 Å². The number of amides is 1. The molecule has 1 saturated carbocycles. The van der Waals surface area contributed by atoms with Crippen molar-refractivity contribution in [2.24, 2.45) is 17.6 Å². The number of hydrogen-bond acceptors (Lipinski definition) is 3. The largest absolute Gasteiger partial charge is 0.497 e. The van der Waals surface area contributed by atoms with Crippen LogP contribution < -0.4 is 10.5 Å². The summed E-state index contributed by atoms with van der Waals surface area (Å²) in [7, 11) is 1.46. The molecule has 1 aromatic rings. The molecule has 0 radical (unpaired) electrons. The van der Waals surface area contributed by atoms with Gasteiger partial charge in [0.2, 0.25) is 0 Å². The molecule has 0 bridgehead atoms. The second-order valence-corrected chi connectivity index (χ2v) is 6.18. The van der Waals surface area contributed by atoms with Crippen molar-refractivity contribution < 1.29 is 18.3 Å². The number of carbonyl (C=O) groups excluding carboxylic acids is 1. The molecule has 1 aliphatic carbocycles. The smallest absolute Gasteiger partial charge is 0.349 e. The van der Waals surface area contributed by atoms with Crippen LogP contribution in [-0.4, -0.2) is 37.0 Å². The van der Waals surface area contributed by atoms with E-state index in [1.165, 1.54) is 36.3 Å². The molecule has 2 N–H and O–H groups in total. The molecule has 23 heavy (non-hydrogen) atoms. The fourth-order valence-corrected chi connectivity index (χ4v) is 3.60. The summed E-state index contributed by atoms with van der Waals surface area (Å²) in [4.78, 5) is 13.5. The zero-order chi connectivity index (χ0) is 15.9. The molecule has 128 valence electrons. The Morgan fingerprint density at radius 3 is 2.48 bits per heavy atom. The van der Waals surface area contributed by atoms with Gasteiger partial charge in [0.1, 0.15) is 5.75 Å². The van der Waals surface area contributed by atoms with Crippen LogP contribution >= 0.6 is 12.4 Å². The van der Waals surface area contributed by atoms with E-state index in [0.717, 1.165) is 12.8 Å². The number of ether oxygens (including phenoxy) is 1. The third kappa shape index (κ3) is 3.15. The molecule has 1 amide bonds. The van der Waals surface area contributed by atoms with Gasteiger partial charge in [-0.15, -0.1) is 12.4 Å². The lowest BCUT2D eigenvalue weighted by atomic mass is 9.98. The van der Waals surface area contributed by atoms with Crippen molar-refractivity contribution in [1.82, 2.24) is 4.90 Å². The summed E-state index contributed by atoms with van der Waals surface area (Å²) >= 11 is 0. The van der Waals surface area contributed by atoms with Gasteiger partial charge in [-0.3, -0.25) is 4.79 Å². The first kappa shape index (κ1) is 17.9. The lowest BCUT2D eigenvalue weighted by Crippen LogP contribution is -2.42. The first-order chi connectivity index (χ1) is 10.4. The van der Waals surface area contributed by atoms with Gasteiger partial charge in [0.05, 0.1) is 7.11 Å². The summed E-state index contributed by atoms with van der Waals surface area (Å²) in [6, 6.07) is 5.37. The van der Waals surface area contributed by atoms with Crippen LogP contribution in [0.3, 0.4) is 0 Å². The fraction of sp³-hybridized carbons (Fsp3) is 0.562. The van der Waals surface area contributed by atoms with Crippen LogP contribution in [0.4, 0.5) is 8.78 Å². The maximum Gasteiger partial charge on any atom is 0.349 e. The third-order valence-electron chi connectivity index (χ3n) is 4.92. The van der Waals surface area contributed by atoms with Gasteiger partial charge in [0.25, 0.3) is 5.91 Å². The molecule has 2 aliphatic rings. The number of rotatable bonds is 3. The Kier molecular flexibility index (Phi) is 5.16. The molecular weight excluding hydrogens is 326 g/mol. The average molecular weight is 347 g/mol. The Morgan fingerprint density at radius 1 is 1.26 bits per heavy atom. The molecule has 2 fully saturated rings. The van der Waals surface area contributed by atoms with Crippen molar-refractivity contribution in [2.75, 3.05) is 20.2 Å². The highest BCUT2D eigenvalue weighted by Crippen LogP contribution is 2.40. The van der Waals surface area contributed by atoms with Gasteiger partial charge >= 0.3 is 5.92 Å². The van der Waals surface area contributed by atoms with E-state index in [1.807, 2.05) is 0 Å². The maximum absolute atomic E-state index is 14.4. The zero-order valence-electron chi connectivity index (χ0n) is 12.9. The average Bonchev–Trinajstić information content (AvgIpc) is 3.09. The molecule has 1 saturated heterocycles. The molecule has 3 rings (SSSR count). The summed E-state index contributed by atoms with van der Waals surface area (Å²) in [5.41, 5.74) is 5.69. The molecule has 0 spiro atoms. The number of likely N-dealkylation sites (tertiary alicyclic amines) is 1. The number of fused-ring (bicyclic) bond motifs is 1.